The third kappa shape index (κ3) is 1.73. The molecule has 0 aliphatic carbocycles. The summed E-state index contributed by atoms with van der Waals surface area (Å²) >= 11 is 0. The summed E-state index contributed by atoms with van der Waals surface area (Å²) in [6.45, 7) is 0. The number of imidazole rings is 1. The highest BCUT2D eigenvalue weighted by molar-refractivity contribution is 6.30. The van der Waals surface area contributed by atoms with Crippen LogP contribution in [0.1, 0.15) is 16.2 Å². The lowest BCUT2D eigenvalue weighted by Crippen LogP contribution is -2.12. The molecule has 0 N–H and O–H groups in total. The highest BCUT2D eigenvalue weighted by atomic mass is 19.1. The van der Waals surface area contributed by atoms with Crippen LogP contribution >= 0.6 is 0 Å². The number of nitrogens with zero attached hydrogens (tertiary/aromatic N) is 3. The Morgan fingerprint density at radius 2 is 2.31 bits per heavy atom. The molecule has 0 aliphatic heterocycles. The SMILES string of the molecule is [B]c1cn(C)c(C(=O)c2cccnc2F)n1. The van der Waals surface area contributed by atoms with Crippen molar-refractivity contribution in [1.29, 1.82) is 0 Å². The Kier molecular flexibility index (Phi) is 2.56. The van der Waals surface area contributed by atoms with E-state index < -0.39 is 11.7 Å². The maximum atomic E-state index is 13.3. The van der Waals surface area contributed by atoms with Gasteiger partial charge in [-0.2, -0.15) is 4.39 Å². The Hall–Kier alpha value is -1.98. The molecule has 6 heteroatoms. The molecule has 2 aromatic rings. The number of hydrogen-bond acceptors (Lipinski definition) is 3. The van der Waals surface area contributed by atoms with Crippen LogP contribution in [-0.4, -0.2) is 28.2 Å². The summed E-state index contributed by atoms with van der Waals surface area (Å²) < 4.78 is 14.7. The summed E-state index contributed by atoms with van der Waals surface area (Å²) in [7, 11) is 7.06. The van der Waals surface area contributed by atoms with Crippen LogP contribution in [0.15, 0.2) is 24.5 Å². The van der Waals surface area contributed by atoms with Crippen LogP contribution in [0.25, 0.3) is 0 Å². The zero-order valence-electron chi connectivity index (χ0n) is 8.51. The standard InChI is InChI=1S/C10H7BFN3O/c1-15-5-7(11)14-10(15)8(16)6-3-2-4-13-9(6)12/h2-5H,1H3. The van der Waals surface area contributed by atoms with Gasteiger partial charge < -0.3 is 4.57 Å². The van der Waals surface area contributed by atoms with E-state index in [9.17, 15) is 9.18 Å². The molecule has 2 radical (unpaired) electrons. The van der Waals surface area contributed by atoms with Crippen molar-refractivity contribution >= 4 is 19.2 Å². The van der Waals surface area contributed by atoms with Crippen molar-refractivity contribution in [2.24, 2.45) is 7.05 Å². The minimum Gasteiger partial charge on any atom is -0.332 e. The predicted molar refractivity (Wildman–Crippen MR) is 56.2 cm³/mol. The first-order valence-corrected chi connectivity index (χ1v) is 4.53. The smallest absolute Gasteiger partial charge is 0.233 e. The maximum Gasteiger partial charge on any atom is 0.233 e. The van der Waals surface area contributed by atoms with Crippen LogP contribution in [0.5, 0.6) is 0 Å². The van der Waals surface area contributed by atoms with Crippen molar-refractivity contribution in [3.05, 3.63) is 41.9 Å². The number of ketones is 1. The van der Waals surface area contributed by atoms with Crippen LogP contribution in [0.3, 0.4) is 0 Å². The molecule has 78 valence electrons. The fourth-order valence-corrected chi connectivity index (χ4v) is 1.38. The molecule has 4 nitrogen and oxygen atoms in total. The number of rotatable bonds is 2. The molecular weight excluding hydrogens is 208 g/mol. The van der Waals surface area contributed by atoms with Gasteiger partial charge in [0.05, 0.1) is 5.56 Å². The van der Waals surface area contributed by atoms with E-state index in [4.69, 9.17) is 7.85 Å². The van der Waals surface area contributed by atoms with E-state index in [0.29, 0.717) is 0 Å². The van der Waals surface area contributed by atoms with Gasteiger partial charge in [0.1, 0.15) is 7.85 Å². The number of halogens is 1. The van der Waals surface area contributed by atoms with Gasteiger partial charge >= 0.3 is 0 Å². The normalized spacial score (nSPS) is 10.4. The number of hydrogen-bond donors (Lipinski definition) is 0. The second-order valence-electron chi connectivity index (χ2n) is 3.27. The van der Waals surface area contributed by atoms with E-state index in [2.05, 4.69) is 9.97 Å². The second-order valence-corrected chi connectivity index (χ2v) is 3.27. The van der Waals surface area contributed by atoms with Crippen LogP contribution in [-0.2, 0) is 7.05 Å². The topological polar surface area (TPSA) is 47.8 Å². The molecule has 0 saturated heterocycles. The van der Waals surface area contributed by atoms with Gasteiger partial charge in [0, 0.05) is 25.0 Å². The first-order valence-electron chi connectivity index (χ1n) is 4.53. The molecule has 16 heavy (non-hydrogen) atoms. The fourth-order valence-electron chi connectivity index (χ4n) is 1.38. The zero-order valence-corrected chi connectivity index (χ0v) is 8.51. The lowest BCUT2D eigenvalue weighted by Gasteiger charge is -2.01. The van der Waals surface area contributed by atoms with Gasteiger partial charge in [-0.25, -0.2) is 9.97 Å². The van der Waals surface area contributed by atoms with Crippen LogP contribution < -0.4 is 5.59 Å². The van der Waals surface area contributed by atoms with Crippen molar-refractivity contribution in [3.63, 3.8) is 0 Å². The molecule has 0 saturated carbocycles. The highest BCUT2D eigenvalue weighted by Crippen LogP contribution is 2.08. The third-order valence-corrected chi connectivity index (χ3v) is 2.10. The molecular formula is C10H7BFN3O. The molecule has 2 aromatic heterocycles. The molecule has 0 aromatic carbocycles. The summed E-state index contributed by atoms with van der Waals surface area (Å²) in [5, 5.41) is 0. The largest absolute Gasteiger partial charge is 0.332 e. The third-order valence-electron chi connectivity index (χ3n) is 2.10. The first-order chi connectivity index (χ1) is 7.59. The molecule has 2 heterocycles. The summed E-state index contributed by atoms with van der Waals surface area (Å²) in [6.07, 6.45) is 2.76. The molecule has 0 bridgehead atoms. The fraction of sp³-hybridized carbons (Fsp3) is 0.100. The second kappa shape index (κ2) is 3.88. The molecule has 0 spiro atoms. The average molecular weight is 215 g/mol. The Labute approximate surface area is 92.6 Å². The van der Waals surface area contributed by atoms with E-state index in [1.165, 1.54) is 29.1 Å². The Morgan fingerprint density at radius 3 is 2.88 bits per heavy atom. The van der Waals surface area contributed by atoms with Gasteiger partial charge in [0.15, 0.2) is 5.82 Å². The predicted octanol–water partition coefficient (Wildman–Crippen LogP) is -0.0210. The summed E-state index contributed by atoms with van der Waals surface area (Å²) in [5.74, 6) is -1.26. The van der Waals surface area contributed by atoms with Crippen molar-refractivity contribution in [2.75, 3.05) is 0 Å². The van der Waals surface area contributed by atoms with E-state index in [0.717, 1.165) is 0 Å². The summed E-state index contributed by atoms with van der Waals surface area (Å²) in [4.78, 5) is 19.1. The van der Waals surface area contributed by atoms with Crippen molar-refractivity contribution in [3.8, 4) is 0 Å². The average Bonchev–Trinajstić information content (AvgIpc) is 2.58. The van der Waals surface area contributed by atoms with Crippen molar-refractivity contribution in [2.45, 2.75) is 0 Å². The van der Waals surface area contributed by atoms with E-state index in [1.54, 1.807) is 7.05 Å². The maximum absolute atomic E-state index is 13.3. The van der Waals surface area contributed by atoms with Crippen molar-refractivity contribution < 1.29 is 9.18 Å². The zero-order chi connectivity index (χ0) is 11.7. The quantitative estimate of drug-likeness (QED) is 0.401. The van der Waals surface area contributed by atoms with E-state index in [1.807, 2.05) is 0 Å². The molecule has 0 atom stereocenters. The number of pyridine rings is 1. The minimum atomic E-state index is -0.811. The monoisotopic (exact) mass is 215 g/mol. The number of aryl methyl sites for hydroxylation is 1. The molecule has 0 aliphatic rings. The van der Waals surface area contributed by atoms with Gasteiger partial charge in [-0.15, -0.1) is 0 Å². The summed E-state index contributed by atoms with van der Waals surface area (Å²) in [6, 6.07) is 2.85. The Morgan fingerprint density at radius 1 is 1.56 bits per heavy atom. The van der Waals surface area contributed by atoms with Gasteiger partial charge in [-0.3, -0.25) is 4.79 Å². The number of carbonyl (C=O) groups excluding carboxylic acids is 1. The molecule has 0 unspecified atom stereocenters. The van der Waals surface area contributed by atoms with Crippen LogP contribution in [0.4, 0.5) is 4.39 Å². The minimum absolute atomic E-state index is 0.0874. The Bertz CT molecular complexity index is 553. The van der Waals surface area contributed by atoms with E-state index >= 15 is 0 Å². The molecule has 0 fully saturated rings. The highest BCUT2D eigenvalue weighted by Gasteiger charge is 2.18. The first kappa shape index (κ1) is 10.5. The molecule has 2 rings (SSSR count). The lowest BCUT2D eigenvalue weighted by atomic mass is 10.1. The van der Waals surface area contributed by atoms with Gasteiger partial charge in [-0.05, 0) is 12.1 Å². The van der Waals surface area contributed by atoms with E-state index in [-0.39, 0.29) is 17.0 Å². The Balaban J connectivity index is 2.47. The van der Waals surface area contributed by atoms with Crippen LogP contribution in [0.2, 0.25) is 0 Å². The van der Waals surface area contributed by atoms with Crippen molar-refractivity contribution in [1.82, 2.24) is 14.5 Å². The van der Waals surface area contributed by atoms with Gasteiger partial charge in [0.2, 0.25) is 11.7 Å². The van der Waals surface area contributed by atoms with Crippen LogP contribution in [0, 0.1) is 5.95 Å². The van der Waals surface area contributed by atoms with Gasteiger partial charge in [-0.1, -0.05) is 0 Å². The molecule has 0 amide bonds. The lowest BCUT2D eigenvalue weighted by molar-refractivity contribution is 0.102. The number of aromatic nitrogens is 3. The number of carbonyl (C=O) groups is 1. The summed E-state index contributed by atoms with van der Waals surface area (Å²) in [5.41, 5.74) is 0.103. The van der Waals surface area contributed by atoms with Gasteiger partial charge in [0.25, 0.3) is 0 Å².